The van der Waals surface area contributed by atoms with Crippen molar-refractivity contribution in [2.75, 3.05) is 18.0 Å². The van der Waals surface area contributed by atoms with E-state index in [2.05, 4.69) is 25.3 Å². The van der Waals surface area contributed by atoms with Crippen molar-refractivity contribution in [1.82, 2.24) is 20.4 Å². The van der Waals surface area contributed by atoms with E-state index in [0.717, 1.165) is 55.1 Å². The van der Waals surface area contributed by atoms with Crippen LogP contribution in [0.5, 0.6) is 0 Å². The Morgan fingerprint density at radius 1 is 1.12 bits per heavy atom. The second-order valence-electron chi connectivity index (χ2n) is 8.88. The first-order chi connectivity index (χ1) is 15.7. The van der Waals surface area contributed by atoms with E-state index in [-0.39, 0.29) is 17.9 Å². The normalized spacial score (nSPS) is 19.9. The van der Waals surface area contributed by atoms with Crippen molar-refractivity contribution in [3.63, 3.8) is 0 Å². The molecule has 1 aliphatic carbocycles. The minimum absolute atomic E-state index is 0.0197. The summed E-state index contributed by atoms with van der Waals surface area (Å²) < 4.78 is 5.54. The van der Waals surface area contributed by atoms with Crippen LogP contribution in [0, 0.1) is 5.92 Å². The highest BCUT2D eigenvalue weighted by molar-refractivity contribution is 5.80. The number of pyridine rings is 1. The Hall–Kier alpha value is -3.22. The average Bonchev–Trinajstić information content (AvgIpc) is 3.28. The molecule has 32 heavy (non-hydrogen) atoms. The van der Waals surface area contributed by atoms with Gasteiger partial charge >= 0.3 is 0 Å². The van der Waals surface area contributed by atoms with Gasteiger partial charge in [0.15, 0.2) is 0 Å². The van der Waals surface area contributed by atoms with E-state index in [1.807, 2.05) is 49.4 Å². The Balaban J connectivity index is 1.30. The zero-order valence-electron chi connectivity index (χ0n) is 18.4. The van der Waals surface area contributed by atoms with Gasteiger partial charge in [0.1, 0.15) is 5.82 Å². The van der Waals surface area contributed by atoms with E-state index >= 15 is 0 Å². The van der Waals surface area contributed by atoms with Crippen molar-refractivity contribution in [3.05, 3.63) is 60.1 Å². The first-order valence-electron chi connectivity index (χ1n) is 11.6. The highest BCUT2D eigenvalue weighted by Crippen LogP contribution is 2.37. The van der Waals surface area contributed by atoms with Crippen LogP contribution in [-0.4, -0.2) is 34.1 Å². The van der Waals surface area contributed by atoms with Gasteiger partial charge in [0, 0.05) is 25.2 Å². The first-order valence-corrected chi connectivity index (χ1v) is 11.6. The Morgan fingerprint density at radius 3 is 2.75 bits per heavy atom. The molecule has 0 spiro atoms. The zero-order valence-corrected chi connectivity index (χ0v) is 18.4. The molecule has 7 nitrogen and oxygen atoms in total. The predicted octanol–water partition coefficient (Wildman–Crippen LogP) is 4.49. The lowest BCUT2D eigenvalue weighted by molar-refractivity contribution is -0.125. The van der Waals surface area contributed by atoms with Crippen molar-refractivity contribution >= 4 is 11.7 Å². The quantitative estimate of drug-likeness (QED) is 0.619. The van der Waals surface area contributed by atoms with Crippen LogP contribution in [0.25, 0.3) is 11.4 Å². The average molecular weight is 432 g/mol. The summed E-state index contributed by atoms with van der Waals surface area (Å²) in [5.41, 5.74) is 1.97. The van der Waals surface area contributed by atoms with E-state index in [9.17, 15) is 4.79 Å². The molecule has 1 aliphatic heterocycles. The number of nitrogens with zero attached hydrogens (tertiary/aromatic N) is 4. The molecule has 2 aromatic heterocycles. The van der Waals surface area contributed by atoms with Crippen LogP contribution >= 0.6 is 0 Å². The Kier molecular flexibility index (Phi) is 5.88. The van der Waals surface area contributed by atoms with Crippen LogP contribution in [0.2, 0.25) is 0 Å². The number of aromatic nitrogens is 3. The summed E-state index contributed by atoms with van der Waals surface area (Å²) in [4.78, 5) is 24.5. The molecule has 0 unspecified atom stereocenters. The van der Waals surface area contributed by atoms with E-state index in [1.54, 1.807) is 6.20 Å². The van der Waals surface area contributed by atoms with Crippen molar-refractivity contribution in [2.45, 2.75) is 51.0 Å². The maximum Gasteiger partial charge on any atom is 0.230 e. The summed E-state index contributed by atoms with van der Waals surface area (Å²) in [5.74, 6) is 2.54. The van der Waals surface area contributed by atoms with Crippen LogP contribution in [0.15, 0.2) is 53.2 Å². The minimum Gasteiger partial charge on any atom is -0.355 e. The molecule has 1 N–H and O–H groups in total. The molecule has 3 heterocycles. The summed E-state index contributed by atoms with van der Waals surface area (Å²) in [5, 5.41) is 7.43. The molecule has 1 aromatic carbocycles. The smallest absolute Gasteiger partial charge is 0.230 e. The van der Waals surface area contributed by atoms with Gasteiger partial charge in [0.05, 0.1) is 17.5 Å². The highest BCUT2D eigenvalue weighted by atomic mass is 16.5. The van der Waals surface area contributed by atoms with Crippen molar-refractivity contribution < 1.29 is 9.32 Å². The Labute approximate surface area is 188 Å². The first kappa shape index (κ1) is 20.7. The number of hydrogen-bond acceptors (Lipinski definition) is 6. The monoisotopic (exact) mass is 431 g/mol. The molecule has 0 radical (unpaired) electrons. The summed E-state index contributed by atoms with van der Waals surface area (Å²) in [6.45, 7) is 3.51. The number of hydrogen-bond donors (Lipinski definition) is 1. The fraction of sp³-hybridized carbons (Fsp3) is 0.440. The molecule has 1 saturated heterocycles. The number of carbonyl (C=O) groups is 1. The van der Waals surface area contributed by atoms with Crippen LogP contribution < -0.4 is 10.2 Å². The lowest BCUT2D eigenvalue weighted by Gasteiger charge is -2.34. The van der Waals surface area contributed by atoms with Crippen LogP contribution in [-0.2, 0) is 4.79 Å². The predicted molar refractivity (Wildman–Crippen MR) is 122 cm³/mol. The van der Waals surface area contributed by atoms with E-state index < -0.39 is 0 Å². The maximum absolute atomic E-state index is 13.0. The number of amides is 1. The fourth-order valence-electron chi connectivity index (χ4n) is 4.53. The van der Waals surface area contributed by atoms with Gasteiger partial charge < -0.3 is 14.7 Å². The van der Waals surface area contributed by atoms with Crippen molar-refractivity contribution in [2.24, 2.45) is 5.92 Å². The highest BCUT2D eigenvalue weighted by Gasteiger charge is 2.30. The standard InChI is InChI=1S/C25H29N5O2/c1-17(18-8-3-2-4-9-18)27-24(31)20-12-7-15-30(16-20)23-21(13-6-14-26-23)22-28-25(32-29-22)19-10-5-11-19/h2-4,6,8-9,13-14,17,19-20H,5,7,10-12,15-16H2,1H3,(H,27,31)/t17-,20+/m1/s1. The van der Waals surface area contributed by atoms with Gasteiger partial charge in [0.2, 0.25) is 17.6 Å². The third-order valence-corrected chi connectivity index (χ3v) is 6.67. The molecule has 166 valence electrons. The van der Waals surface area contributed by atoms with E-state index in [0.29, 0.717) is 18.3 Å². The largest absolute Gasteiger partial charge is 0.355 e. The lowest BCUT2D eigenvalue weighted by Crippen LogP contribution is -2.44. The van der Waals surface area contributed by atoms with Crippen LogP contribution in [0.4, 0.5) is 5.82 Å². The fourth-order valence-corrected chi connectivity index (χ4v) is 4.53. The second-order valence-corrected chi connectivity index (χ2v) is 8.88. The number of rotatable bonds is 6. The van der Waals surface area contributed by atoms with Crippen LogP contribution in [0.3, 0.4) is 0 Å². The van der Waals surface area contributed by atoms with Gasteiger partial charge in [-0.3, -0.25) is 4.79 Å². The minimum atomic E-state index is -0.0828. The Bertz CT molecular complexity index is 1060. The third kappa shape index (κ3) is 4.24. The second kappa shape index (κ2) is 9.10. The number of benzene rings is 1. The number of piperidine rings is 1. The van der Waals surface area contributed by atoms with Crippen molar-refractivity contribution in [3.8, 4) is 11.4 Å². The molecule has 5 rings (SSSR count). The molecular formula is C25H29N5O2. The number of carbonyl (C=O) groups excluding carboxylic acids is 1. The molecule has 7 heteroatoms. The molecule has 3 aromatic rings. The molecule has 2 aliphatic rings. The molecule has 2 atom stereocenters. The van der Waals surface area contributed by atoms with Crippen LogP contribution in [0.1, 0.15) is 62.4 Å². The summed E-state index contributed by atoms with van der Waals surface area (Å²) in [6.07, 6.45) is 7.05. The van der Waals surface area contributed by atoms with E-state index in [1.165, 1.54) is 6.42 Å². The number of nitrogens with one attached hydrogen (secondary N) is 1. The lowest BCUT2D eigenvalue weighted by atomic mass is 9.85. The molecule has 0 bridgehead atoms. The number of anilines is 1. The SMILES string of the molecule is C[C@@H](NC(=O)[C@H]1CCCN(c2ncccc2-c2noc(C3CCC3)n2)C1)c1ccccc1. The van der Waals surface area contributed by atoms with Gasteiger partial charge in [-0.15, -0.1) is 0 Å². The summed E-state index contributed by atoms with van der Waals surface area (Å²) in [6, 6.07) is 13.9. The van der Waals surface area contributed by atoms with Gasteiger partial charge in [0.25, 0.3) is 0 Å². The maximum atomic E-state index is 13.0. The van der Waals surface area contributed by atoms with Crippen molar-refractivity contribution in [1.29, 1.82) is 0 Å². The Morgan fingerprint density at radius 2 is 1.97 bits per heavy atom. The van der Waals surface area contributed by atoms with E-state index in [4.69, 9.17) is 4.52 Å². The molecular weight excluding hydrogens is 402 g/mol. The van der Waals surface area contributed by atoms with Gasteiger partial charge in [-0.2, -0.15) is 4.98 Å². The summed E-state index contributed by atoms with van der Waals surface area (Å²) >= 11 is 0. The third-order valence-electron chi connectivity index (χ3n) is 6.67. The van der Waals surface area contributed by atoms with Gasteiger partial charge in [-0.05, 0) is 50.3 Å². The molecule has 1 saturated carbocycles. The summed E-state index contributed by atoms with van der Waals surface area (Å²) in [7, 11) is 0. The van der Waals surface area contributed by atoms with Gasteiger partial charge in [-0.1, -0.05) is 41.9 Å². The zero-order chi connectivity index (χ0) is 21.9. The molecule has 1 amide bonds. The molecule has 2 fully saturated rings. The van der Waals surface area contributed by atoms with Gasteiger partial charge in [-0.25, -0.2) is 4.98 Å². The topological polar surface area (TPSA) is 84.2 Å².